The van der Waals surface area contributed by atoms with Crippen LogP contribution in [0.2, 0.25) is 0 Å². The number of pyridine rings is 1. The Labute approximate surface area is 398 Å². The Morgan fingerprint density at radius 2 is 0.618 bits per heavy atom. The third-order valence-electron chi connectivity index (χ3n) is 13.6. The molecular weight excluding hydrogens is 821 g/mol. The van der Waals surface area contributed by atoms with E-state index in [1.165, 1.54) is 72.3 Å². The van der Waals surface area contributed by atoms with Gasteiger partial charge >= 0.3 is 0 Å². The van der Waals surface area contributed by atoms with Crippen molar-refractivity contribution < 1.29 is 0 Å². The van der Waals surface area contributed by atoms with Crippen molar-refractivity contribution in [2.24, 2.45) is 0 Å². The Hall–Kier alpha value is -8.85. The van der Waals surface area contributed by atoms with E-state index in [-0.39, 0.29) is 0 Å². The van der Waals surface area contributed by atoms with Gasteiger partial charge in [0, 0.05) is 28.8 Å². The molecule has 68 heavy (non-hydrogen) atoms. The topological polar surface area (TPSA) is 16.1 Å². The number of hydrogen-bond donors (Lipinski definition) is 0. The van der Waals surface area contributed by atoms with Gasteiger partial charge in [0.15, 0.2) is 0 Å². The van der Waals surface area contributed by atoms with E-state index in [1.54, 1.807) is 0 Å². The van der Waals surface area contributed by atoms with Crippen LogP contribution >= 0.6 is 0 Å². The lowest BCUT2D eigenvalue weighted by Gasteiger charge is -2.33. The summed E-state index contributed by atoms with van der Waals surface area (Å²) in [5.41, 5.74) is 21.8. The van der Waals surface area contributed by atoms with Crippen LogP contribution in [-0.2, 0) is 5.41 Å². The molecular formula is C66H46N2. The quantitative estimate of drug-likeness (QED) is 0.136. The Morgan fingerprint density at radius 3 is 1.09 bits per heavy atom. The number of hydrogen-bond acceptors (Lipinski definition) is 2. The molecule has 0 saturated carbocycles. The van der Waals surface area contributed by atoms with E-state index in [4.69, 9.17) is 4.98 Å². The lowest BCUT2D eigenvalue weighted by molar-refractivity contribution is 0.766. The minimum atomic E-state index is -0.508. The van der Waals surface area contributed by atoms with E-state index in [9.17, 15) is 0 Å². The standard InChI is InChI=1S/C66H46N2/c1-5-16-47(17-6-1)49-29-36-59(37-30-49)68(60-38-31-50(32-39-60)53-21-13-20-52(44-53)48-18-7-2-8-19-48)61-40-33-51(34-41-61)54-22-14-23-55(45-54)56-35-42-62-64(46-56)66(57-24-9-3-10-25-57,58-26-11-4-12-27-58)63-28-15-43-67-65(62)63/h1-46H. The van der Waals surface area contributed by atoms with E-state index in [0.29, 0.717) is 0 Å². The molecule has 0 amide bonds. The summed E-state index contributed by atoms with van der Waals surface area (Å²) in [5, 5.41) is 0. The van der Waals surface area contributed by atoms with Crippen molar-refractivity contribution in [3.05, 3.63) is 301 Å². The predicted octanol–water partition coefficient (Wildman–Crippen LogP) is 17.2. The molecule has 11 aromatic rings. The summed E-state index contributed by atoms with van der Waals surface area (Å²) in [6.07, 6.45) is 1.92. The maximum Gasteiger partial charge on any atom is 0.0753 e. The Bertz CT molecular complexity index is 3470. The fraction of sp³-hybridized carbons (Fsp3) is 0.0152. The molecule has 12 rings (SSSR count). The zero-order chi connectivity index (χ0) is 45.3. The van der Waals surface area contributed by atoms with E-state index in [1.807, 2.05) is 6.20 Å². The van der Waals surface area contributed by atoms with Crippen molar-refractivity contribution in [2.75, 3.05) is 4.90 Å². The second-order valence-corrected chi connectivity index (χ2v) is 17.5. The highest BCUT2D eigenvalue weighted by molar-refractivity contribution is 5.88. The summed E-state index contributed by atoms with van der Waals surface area (Å²) in [4.78, 5) is 7.35. The highest BCUT2D eigenvalue weighted by Gasteiger charge is 2.46. The van der Waals surface area contributed by atoms with Crippen LogP contribution in [0.3, 0.4) is 0 Å². The summed E-state index contributed by atoms with van der Waals surface area (Å²) >= 11 is 0. The lowest BCUT2D eigenvalue weighted by atomic mass is 9.67. The van der Waals surface area contributed by atoms with Crippen molar-refractivity contribution >= 4 is 17.1 Å². The monoisotopic (exact) mass is 866 g/mol. The number of nitrogens with zero attached hydrogens (tertiary/aromatic N) is 2. The first-order valence-electron chi connectivity index (χ1n) is 23.3. The van der Waals surface area contributed by atoms with Gasteiger partial charge in [0.25, 0.3) is 0 Å². The Balaban J connectivity index is 0.897. The van der Waals surface area contributed by atoms with Gasteiger partial charge < -0.3 is 4.90 Å². The summed E-state index contributed by atoms with van der Waals surface area (Å²) in [6, 6.07) is 98.9. The molecule has 0 radical (unpaired) electrons. The summed E-state index contributed by atoms with van der Waals surface area (Å²) in [6.45, 7) is 0. The van der Waals surface area contributed by atoms with Gasteiger partial charge in [-0.15, -0.1) is 0 Å². The summed E-state index contributed by atoms with van der Waals surface area (Å²) in [5.74, 6) is 0. The van der Waals surface area contributed by atoms with Gasteiger partial charge in [0.05, 0.1) is 11.1 Å². The molecule has 0 fully saturated rings. The zero-order valence-electron chi connectivity index (χ0n) is 37.5. The number of benzene rings is 10. The fourth-order valence-corrected chi connectivity index (χ4v) is 10.3. The third-order valence-corrected chi connectivity index (χ3v) is 13.6. The molecule has 0 unspecified atom stereocenters. The van der Waals surface area contributed by atoms with Crippen molar-refractivity contribution in [2.45, 2.75) is 5.41 Å². The smallest absolute Gasteiger partial charge is 0.0753 e. The van der Waals surface area contributed by atoms with Crippen molar-refractivity contribution in [3.63, 3.8) is 0 Å². The van der Waals surface area contributed by atoms with Crippen molar-refractivity contribution in [1.29, 1.82) is 0 Å². The van der Waals surface area contributed by atoms with Crippen molar-refractivity contribution in [1.82, 2.24) is 4.98 Å². The van der Waals surface area contributed by atoms with Crippen LogP contribution in [-0.4, -0.2) is 4.98 Å². The van der Waals surface area contributed by atoms with Crippen molar-refractivity contribution in [3.8, 4) is 66.9 Å². The number of rotatable bonds is 10. The molecule has 0 atom stereocenters. The SMILES string of the molecule is c1ccc(-c2ccc(N(c3ccc(-c4cccc(-c5ccccc5)c4)cc3)c3ccc(-c4cccc(-c5ccc6c(c5)C(c5ccccc5)(c5ccccc5)c5cccnc5-6)c4)cc3)cc2)cc1. The van der Waals surface area contributed by atoms with E-state index < -0.39 is 5.41 Å². The van der Waals surface area contributed by atoms with Crippen LogP contribution in [0.4, 0.5) is 17.1 Å². The molecule has 1 aliphatic rings. The molecule has 1 heterocycles. The molecule has 1 aliphatic carbocycles. The van der Waals surface area contributed by atoms with Gasteiger partial charge in [-0.05, 0) is 139 Å². The largest absolute Gasteiger partial charge is 0.311 e. The molecule has 10 aromatic carbocycles. The fourth-order valence-electron chi connectivity index (χ4n) is 10.3. The number of aromatic nitrogens is 1. The van der Waals surface area contributed by atoms with E-state index >= 15 is 0 Å². The molecule has 1 aromatic heterocycles. The van der Waals surface area contributed by atoms with Crippen LogP contribution in [0.1, 0.15) is 22.3 Å². The van der Waals surface area contributed by atoms with Gasteiger partial charge in [0.1, 0.15) is 0 Å². The maximum absolute atomic E-state index is 5.00. The summed E-state index contributed by atoms with van der Waals surface area (Å²) in [7, 11) is 0. The van der Waals surface area contributed by atoms with Gasteiger partial charge in [-0.25, -0.2) is 0 Å². The first-order chi connectivity index (χ1) is 33.7. The first-order valence-corrected chi connectivity index (χ1v) is 23.3. The molecule has 0 spiro atoms. The van der Waals surface area contributed by atoms with Crippen LogP contribution < -0.4 is 4.90 Å². The third kappa shape index (κ3) is 7.30. The summed E-state index contributed by atoms with van der Waals surface area (Å²) < 4.78 is 0. The number of fused-ring (bicyclic) bond motifs is 3. The first kappa shape index (κ1) is 40.6. The molecule has 320 valence electrons. The van der Waals surface area contributed by atoms with Crippen LogP contribution in [0.15, 0.2) is 279 Å². The predicted molar refractivity (Wildman–Crippen MR) is 283 cm³/mol. The second-order valence-electron chi connectivity index (χ2n) is 17.5. The molecule has 0 bridgehead atoms. The highest BCUT2D eigenvalue weighted by Crippen LogP contribution is 2.56. The maximum atomic E-state index is 5.00. The van der Waals surface area contributed by atoms with Gasteiger partial charge in [-0.3, -0.25) is 4.98 Å². The zero-order valence-corrected chi connectivity index (χ0v) is 37.5. The Kier molecular flexibility index (Phi) is 10.5. The second kappa shape index (κ2) is 17.5. The minimum Gasteiger partial charge on any atom is -0.311 e. The van der Waals surface area contributed by atoms with Crippen LogP contribution in [0.25, 0.3) is 66.9 Å². The molecule has 0 aliphatic heterocycles. The number of anilines is 3. The van der Waals surface area contributed by atoms with Gasteiger partial charge in [-0.2, -0.15) is 0 Å². The van der Waals surface area contributed by atoms with E-state index in [2.05, 4.69) is 278 Å². The molecule has 0 saturated heterocycles. The van der Waals surface area contributed by atoms with Crippen LogP contribution in [0.5, 0.6) is 0 Å². The average molecular weight is 867 g/mol. The van der Waals surface area contributed by atoms with E-state index in [0.717, 1.165) is 33.9 Å². The molecule has 2 nitrogen and oxygen atoms in total. The normalized spacial score (nSPS) is 12.2. The van der Waals surface area contributed by atoms with Gasteiger partial charge in [0.2, 0.25) is 0 Å². The van der Waals surface area contributed by atoms with Gasteiger partial charge in [-0.1, -0.05) is 212 Å². The molecule has 0 N–H and O–H groups in total. The highest BCUT2D eigenvalue weighted by atomic mass is 15.1. The molecule has 2 heteroatoms. The minimum absolute atomic E-state index is 0.508. The average Bonchev–Trinajstić information content (AvgIpc) is 3.73. The lowest BCUT2D eigenvalue weighted by Crippen LogP contribution is -2.28. The van der Waals surface area contributed by atoms with Crippen LogP contribution in [0, 0.1) is 0 Å². The Morgan fingerprint density at radius 1 is 0.265 bits per heavy atom.